The zero-order valence-electron chi connectivity index (χ0n) is 10.4. The van der Waals surface area contributed by atoms with Gasteiger partial charge in [0, 0.05) is 11.9 Å². The Morgan fingerprint density at radius 3 is 2.55 bits per heavy atom. The zero-order valence-corrected chi connectivity index (χ0v) is 10.4. The fourth-order valence-corrected chi connectivity index (χ4v) is 1.42. The summed E-state index contributed by atoms with van der Waals surface area (Å²) in [6, 6.07) is 10.0. The van der Waals surface area contributed by atoms with Gasteiger partial charge in [-0.2, -0.15) is 0 Å². The number of nitrogens with one attached hydrogen (secondary N) is 1. The number of esters is 1. The van der Waals surface area contributed by atoms with Crippen LogP contribution in [0.2, 0.25) is 0 Å². The average Bonchev–Trinajstić information content (AvgIpc) is 2.48. The molecule has 0 aliphatic rings. The molecule has 6 heteroatoms. The monoisotopic (exact) mass is 274 g/mol. The molecule has 102 valence electrons. The Labute approximate surface area is 114 Å². The standard InChI is InChI=1S/C14H11FN2O3/c15-10-4-6-11(7-5-10)17-13(18)9-20-14(19)12-3-1-2-8-16-12/h1-8H,9H2,(H,17,18). The third-order valence-corrected chi connectivity index (χ3v) is 2.34. The molecule has 20 heavy (non-hydrogen) atoms. The van der Waals surface area contributed by atoms with Crippen LogP contribution in [0.4, 0.5) is 10.1 Å². The summed E-state index contributed by atoms with van der Waals surface area (Å²) >= 11 is 0. The summed E-state index contributed by atoms with van der Waals surface area (Å²) in [7, 11) is 0. The van der Waals surface area contributed by atoms with Crippen LogP contribution in [0.3, 0.4) is 0 Å². The topological polar surface area (TPSA) is 68.3 Å². The van der Waals surface area contributed by atoms with E-state index in [0.29, 0.717) is 5.69 Å². The molecule has 2 aromatic rings. The van der Waals surface area contributed by atoms with Crippen molar-refractivity contribution in [3.05, 3.63) is 60.2 Å². The number of aromatic nitrogens is 1. The highest BCUT2D eigenvalue weighted by Gasteiger charge is 2.10. The fraction of sp³-hybridized carbons (Fsp3) is 0.0714. The van der Waals surface area contributed by atoms with Gasteiger partial charge in [0.2, 0.25) is 0 Å². The van der Waals surface area contributed by atoms with Crippen LogP contribution in [0.5, 0.6) is 0 Å². The van der Waals surface area contributed by atoms with E-state index in [2.05, 4.69) is 10.3 Å². The van der Waals surface area contributed by atoms with Gasteiger partial charge in [-0.05, 0) is 36.4 Å². The van der Waals surface area contributed by atoms with Crippen LogP contribution < -0.4 is 5.32 Å². The van der Waals surface area contributed by atoms with Crippen molar-refractivity contribution in [2.45, 2.75) is 0 Å². The van der Waals surface area contributed by atoms with Crippen LogP contribution in [0.25, 0.3) is 0 Å². The van der Waals surface area contributed by atoms with Crippen LogP contribution in [-0.2, 0) is 9.53 Å². The first-order valence-electron chi connectivity index (χ1n) is 5.79. The summed E-state index contributed by atoms with van der Waals surface area (Å²) in [5.74, 6) is -1.59. The lowest BCUT2D eigenvalue weighted by molar-refractivity contribution is -0.119. The molecule has 0 aliphatic carbocycles. The number of carbonyl (C=O) groups excluding carboxylic acids is 2. The second-order valence-corrected chi connectivity index (χ2v) is 3.85. The van der Waals surface area contributed by atoms with Crippen molar-refractivity contribution in [1.29, 1.82) is 0 Å². The van der Waals surface area contributed by atoms with E-state index in [1.54, 1.807) is 12.1 Å². The molecule has 0 saturated heterocycles. The van der Waals surface area contributed by atoms with Crippen molar-refractivity contribution < 1.29 is 18.7 Å². The largest absolute Gasteiger partial charge is 0.451 e. The number of nitrogens with zero attached hydrogens (tertiary/aromatic N) is 1. The average molecular weight is 274 g/mol. The molecule has 1 heterocycles. The van der Waals surface area contributed by atoms with E-state index in [1.165, 1.54) is 36.5 Å². The molecule has 1 aromatic carbocycles. The van der Waals surface area contributed by atoms with Gasteiger partial charge in [0.1, 0.15) is 11.5 Å². The van der Waals surface area contributed by atoms with Crippen molar-refractivity contribution >= 4 is 17.6 Å². The molecule has 1 amide bonds. The number of amides is 1. The number of anilines is 1. The van der Waals surface area contributed by atoms with Crippen molar-refractivity contribution in [1.82, 2.24) is 4.98 Å². The Morgan fingerprint density at radius 1 is 1.15 bits per heavy atom. The fourth-order valence-electron chi connectivity index (χ4n) is 1.42. The molecule has 0 aliphatic heterocycles. The molecule has 0 radical (unpaired) electrons. The minimum Gasteiger partial charge on any atom is -0.451 e. The zero-order chi connectivity index (χ0) is 14.4. The number of benzene rings is 1. The number of hydrogen-bond donors (Lipinski definition) is 1. The molecule has 0 spiro atoms. The van der Waals surface area contributed by atoms with Gasteiger partial charge in [-0.25, -0.2) is 14.2 Å². The van der Waals surface area contributed by atoms with Crippen LogP contribution in [-0.4, -0.2) is 23.5 Å². The number of pyridine rings is 1. The SMILES string of the molecule is O=C(COC(=O)c1ccccn1)Nc1ccc(F)cc1. The first kappa shape index (κ1) is 13.7. The van der Waals surface area contributed by atoms with Crippen LogP contribution in [0.15, 0.2) is 48.7 Å². The van der Waals surface area contributed by atoms with Crippen molar-refractivity contribution in [3.63, 3.8) is 0 Å². The normalized spacial score (nSPS) is 9.85. The lowest BCUT2D eigenvalue weighted by Crippen LogP contribution is -2.21. The summed E-state index contributed by atoms with van der Waals surface area (Å²) in [6.07, 6.45) is 1.45. The van der Waals surface area contributed by atoms with Gasteiger partial charge in [0.25, 0.3) is 5.91 Å². The molecule has 2 rings (SSSR count). The predicted octanol–water partition coefficient (Wildman–Crippen LogP) is 2.02. The molecule has 0 fully saturated rings. The third-order valence-electron chi connectivity index (χ3n) is 2.34. The second kappa shape index (κ2) is 6.42. The van der Waals surface area contributed by atoms with Gasteiger partial charge in [0.15, 0.2) is 6.61 Å². The molecule has 0 atom stereocenters. The molecular weight excluding hydrogens is 263 g/mol. The van der Waals surface area contributed by atoms with Crippen LogP contribution >= 0.6 is 0 Å². The lowest BCUT2D eigenvalue weighted by atomic mass is 10.3. The Bertz CT molecular complexity index is 600. The second-order valence-electron chi connectivity index (χ2n) is 3.85. The Morgan fingerprint density at radius 2 is 1.90 bits per heavy atom. The number of rotatable bonds is 4. The Hall–Kier alpha value is -2.76. The molecule has 1 aromatic heterocycles. The van der Waals surface area contributed by atoms with Crippen LogP contribution in [0.1, 0.15) is 10.5 Å². The minimum atomic E-state index is -0.681. The van der Waals surface area contributed by atoms with Crippen LogP contribution in [0, 0.1) is 5.82 Å². The highest BCUT2D eigenvalue weighted by molar-refractivity contribution is 5.94. The van der Waals surface area contributed by atoms with Gasteiger partial charge >= 0.3 is 5.97 Å². The van der Waals surface area contributed by atoms with Gasteiger partial charge in [-0.3, -0.25) is 4.79 Å². The quantitative estimate of drug-likeness (QED) is 0.866. The number of hydrogen-bond acceptors (Lipinski definition) is 4. The number of ether oxygens (including phenoxy) is 1. The predicted molar refractivity (Wildman–Crippen MR) is 69.5 cm³/mol. The van der Waals surface area contributed by atoms with E-state index in [-0.39, 0.29) is 5.69 Å². The number of carbonyl (C=O) groups is 2. The molecule has 5 nitrogen and oxygen atoms in total. The first-order chi connectivity index (χ1) is 9.65. The van der Waals surface area contributed by atoms with Gasteiger partial charge in [-0.1, -0.05) is 6.07 Å². The maximum Gasteiger partial charge on any atom is 0.357 e. The Balaban J connectivity index is 1.83. The number of halogens is 1. The first-order valence-corrected chi connectivity index (χ1v) is 5.79. The summed E-state index contributed by atoms with van der Waals surface area (Å²) in [5, 5.41) is 2.47. The molecular formula is C14H11FN2O3. The maximum absolute atomic E-state index is 12.7. The molecule has 1 N–H and O–H groups in total. The van der Waals surface area contributed by atoms with Crippen molar-refractivity contribution in [3.8, 4) is 0 Å². The van der Waals surface area contributed by atoms with Gasteiger partial charge < -0.3 is 10.1 Å². The minimum absolute atomic E-state index is 0.127. The summed E-state index contributed by atoms with van der Waals surface area (Å²) in [6.45, 7) is -0.438. The third kappa shape index (κ3) is 3.88. The van der Waals surface area contributed by atoms with Gasteiger partial charge in [-0.15, -0.1) is 0 Å². The molecule has 0 unspecified atom stereocenters. The van der Waals surface area contributed by atoms with E-state index in [9.17, 15) is 14.0 Å². The van der Waals surface area contributed by atoms with Gasteiger partial charge in [0.05, 0.1) is 0 Å². The summed E-state index contributed by atoms with van der Waals surface area (Å²) in [4.78, 5) is 26.9. The van der Waals surface area contributed by atoms with E-state index < -0.39 is 24.3 Å². The summed E-state index contributed by atoms with van der Waals surface area (Å²) in [5.41, 5.74) is 0.548. The van der Waals surface area contributed by atoms with E-state index >= 15 is 0 Å². The van der Waals surface area contributed by atoms with E-state index in [0.717, 1.165) is 0 Å². The van der Waals surface area contributed by atoms with Crippen molar-refractivity contribution in [2.24, 2.45) is 0 Å². The van der Waals surface area contributed by atoms with Crippen molar-refractivity contribution in [2.75, 3.05) is 11.9 Å². The van der Waals surface area contributed by atoms with E-state index in [4.69, 9.17) is 4.74 Å². The maximum atomic E-state index is 12.7. The molecule has 0 bridgehead atoms. The smallest absolute Gasteiger partial charge is 0.357 e. The highest BCUT2D eigenvalue weighted by Crippen LogP contribution is 2.08. The Kier molecular flexibility index (Phi) is 4.39. The lowest BCUT2D eigenvalue weighted by Gasteiger charge is -2.06. The molecule has 0 saturated carbocycles. The highest BCUT2D eigenvalue weighted by atomic mass is 19.1. The summed E-state index contributed by atoms with van der Waals surface area (Å²) < 4.78 is 17.5. The van der Waals surface area contributed by atoms with E-state index in [1.807, 2.05) is 0 Å².